The number of aliphatic imine (C=N–C) groups is 1. The van der Waals surface area contributed by atoms with E-state index in [4.69, 9.17) is 4.74 Å². The van der Waals surface area contributed by atoms with Crippen LogP contribution < -0.4 is 0 Å². The average Bonchev–Trinajstić information content (AvgIpc) is 2.20. The van der Waals surface area contributed by atoms with E-state index in [1.165, 1.54) is 0 Å². The largest absolute Gasteiger partial charge is 0.376 e. The Hall–Kier alpha value is -0.890. The zero-order valence-electron chi connectivity index (χ0n) is 7.97. The van der Waals surface area contributed by atoms with Crippen molar-refractivity contribution in [1.29, 1.82) is 0 Å². The second-order valence-electron chi connectivity index (χ2n) is 2.14. The minimum atomic E-state index is 0.637. The van der Waals surface area contributed by atoms with Crippen LogP contribution in [0.15, 0.2) is 28.9 Å². The van der Waals surface area contributed by atoms with E-state index < -0.39 is 0 Å². The SMILES string of the molecule is C=CC1=C(N=C)CCOC1.CC. The molecule has 0 atom stereocenters. The second-order valence-corrected chi connectivity index (χ2v) is 2.14. The maximum atomic E-state index is 5.19. The third kappa shape index (κ3) is 3.01. The van der Waals surface area contributed by atoms with Gasteiger partial charge in [0.2, 0.25) is 0 Å². The van der Waals surface area contributed by atoms with Crippen molar-refractivity contribution in [3.63, 3.8) is 0 Å². The molecule has 0 aliphatic carbocycles. The van der Waals surface area contributed by atoms with Gasteiger partial charge < -0.3 is 4.74 Å². The number of hydrogen-bond acceptors (Lipinski definition) is 2. The molecule has 0 fully saturated rings. The number of hydrogen-bond donors (Lipinski definition) is 0. The molecule has 0 saturated carbocycles. The molecule has 0 aromatic rings. The summed E-state index contributed by atoms with van der Waals surface area (Å²) in [6.07, 6.45) is 2.65. The molecule has 1 aliphatic rings. The Morgan fingerprint density at radius 1 is 1.50 bits per heavy atom. The monoisotopic (exact) mass is 167 g/mol. The first-order valence-corrected chi connectivity index (χ1v) is 4.27. The molecule has 0 bridgehead atoms. The molecule has 0 saturated heterocycles. The van der Waals surface area contributed by atoms with Crippen LogP contribution in [0.25, 0.3) is 0 Å². The number of ether oxygens (including phenoxy) is 1. The molecule has 0 aromatic heterocycles. The molecule has 0 spiro atoms. The Balaban J connectivity index is 0.000000561. The molecule has 2 heteroatoms. The standard InChI is InChI=1S/C8H11NO.C2H6/c1-3-7-6-10-5-4-8(7)9-2;1-2/h3H,1-2,4-6H2;1-2H3. The minimum Gasteiger partial charge on any atom is -0.376 e. The fourth-order valence-corrected chi connectivity index (χ4v) is 0.952. The van der Waals surface area contributed by atoms with E-state index in [-0.39, 0.29) is 0 Å². The van der Waals surface area contributed by atoms with Gasteiger partial charge in [0.25, 0.3) is 0 Å². The van der Waals surface area contributed by atoms with Gasteiger partial charge in [0.1, 0.15) is 0 Å². The van der Waals surface area contributed by atoms with Crippen molar-refractivity contribution < 1.29 is 4.74 Å². The molecule has 1 heterocycles. The molecule has 0 aromatic carbocycles. The zero-order valence-corrected chi connectivity index (χ0v) is 7.97. The topological polar surface area (TPSA) is 21.6 Å². The van der Waals surface area contributed by atoms with Gasteiger partial charge in [-0.05, 0) is 12.3 Å². The maximum Gasteiger partial charge on any atom is 0.0734 e. The molecule has 1 aliphatic heterocycles. The summed E-state index contributed by atoms with van der Waals surface area (Å²) in [6, 6.07) is 0. The smallest absolute Gasteiger partial charge is 0.0734 e. The minimum absolute atomic E-state index is 0.637. The summed E-state index contributed by atoms with van der Waals surface area (Å²) in [5.41, 5.74) is 2.10. The molecular weight excluding hydrogens is 150 g/mol. The van der Waals surface area contributed by atoms with Crippen molar-refractivity contribution in [3.8, 4) is 0 Å². The van der Waals surface area contributed by atoms with Crippen LogP contribution in [0.5, 0.6) is 0 Å². The number of rotatable bonds is 2. The first-order chi connectivity index (χ1) is 5.88. The van der Waals surface area contributed by atoms with Crippen LogP contribution in [0.1, 0.15) is 20.3 Å². The molecule has 1 rings (SSSR count). The van der Waals surface area contributed by atoms with E-state index in [0.717, 1.165) is 24.3 Å². The van der Waals surface area contributed by atoms with Crippen molar-refractivity contribution >= 4 is 6.72 Å². The molecule has 0 amide bonds. The van der Waals surface area contributed by atoms with Crippen molar-refractivity contribution in [2.45, 2.75) is 20.3 Å². The van der Waals surface area contributed by atoms with Crippen LogP contribution in [0, 0.1) is 0 Å². The van der Waals surface area contributed by atoms with Gasteiger partial charge in [0.15, 0.2) is 0 Å². The Labute approximate surface area is 74.7 Å². The summed E-state index contributed by atoms with van der Waals surface area (Å²) < 4.78 is 5.19. The Morgan fingerprint density at radius 2 is 2.17 bits per heavy atom. The molecule has 0 unspecified atom stereocenters. The van der Waals surface area contributed by atoms with Crippen LogP contribution in [0.4, 0.5) is 0 Å². The third-order valence-electron chi connectivity index (χ3n) is 1.55. The highest BCUT2D eigenvalue weighted by molar-refractivity contribution is 5.34. The summed E-state index contributed by atoms with van der Waals surface area (Å²) in [4.78, 5) is 3.88. The highest BCUT2D eigenvalue weighted by atomic mass is 16.5. The Bertz CT molecular complexity index is 162. The number of nitrogens with zero attached hydrogens (tertiary/aromatic N) is 1. The van der Waals surface area contributed by atoms with E-state index in [2.05, 4.69) is 18.3 Å². The van der Waals surface area contributed by atoms with Crippen LogP contribution in [-0.4, -0.2) is 19.9 Å². The summed E-state index contributed by atoms with van der Waals surface area (Å²) in [5, 5.41) is 0. The fourth-order valence-electron chi connectivity index (χ4n) is 0.952. The highest BCUT2D eigenvalue weighted by Crippen LogP contribution is 2.16. The van der Waals surface area contributed by atoms with Crippen LogP contribution in [0.2, 0.25) is 0 Å². The van der Waals surface area contributed by atoms with Crippen LogP contribution in [-0.2, 0) is 4.74 Å². The van der Waals surface area contributed by atoms with E-state index in [1.54, 1.807) is 6.08 Å². The summed E-state index contributed by atoms with van der Waals surface area (Å²) in [7, 11) is 0. The molecule has 2 nitrogen and oxygen atoms in total. The first-order valence-electron chi connectivity index (χ1n) is 4.27. The molecule has 0 N–H and O–H groups in total. The van der Waals surface area contributed by atoms with Crippen molar-refractivity contribution in [2.24, 2.45) is 4.99 Å². The fraction of sp³-hybridized carbons (Fsp3) is 0.500. The van der Waals surface area contributed by atoms with Gasteiger partial charge in [-0.1, -0.05) is 26.5 Å². The van der Waals surface area contributed by atoms with E-state index >= 15 is 0 Å². The predicted molar refractivity (Wildman–Crippen MR) is 53.6 cm³/mol. The normalized spacial score (nSPS) is 16.2. The second kappa shape index (κ2) is 6.80. The van der Waals surface area contributed by atoms with Crippen molar-refractivity contribution in [3.05, 3.63) is 23.9 Å². The summed E-state index contributed by atoms with van der Waals surface area (Å²) in [5.74, 6) is 0. The lowest BCUT2D eigenvalue weighted by Gasteiger charge is -2.14. The maximum absolute atomic E-state index is 5.19. The van der Waals surface area contributed by atoms with Gasteiger partial charge in [-0.25, -0.2) is 0 Å². The van der Waals surface area contributed by atoms with Gasteiger partial charge in [0.05, 0.1) is 13.2 Å². The van der Waals surface area contributed by atoms with Crippen molar-refractivity contribution in [2.75, 3.05) is 13.2 Å². The highest BCUT2D eigenvalue weighted by Gasteiger charge is 2.07. The summed E-state index contributed by atoms with van der Waals surface area (Å²) >= 11 is 0. The molecule has 68 valence electrons. The van der Waals surface area contributed by atoms with E-state index in [9.17, 15) is 0 Å². The van der Waals surface area contributed by atoms with Crippen LogP contribution in [0.3, 0.4) is 0 Å². The van der Waals surface area contributed by atoms with Crippen LogP contribution >= 0.6 is 0 Å². The van der Waals surface area contributed by atoms with Gasteiger partial charge in [0, 0.05) is 12.1 Å². The van der Waals surface area contributed by atoms with E-state index in [1.807, 2.05) is 13.8 Å². The molecule has 0 radical (unpaired) electrons. The van der Waals surface area contributed by atoms with Gasteiger partial charge in [-0.3, -0.25) is 4.99 Å². The lowest BCUT2D eigenvalue weighted by molar-refractivity contribution is 0.148. The van der Waals surface area contributed by atoms with Gasteiger partial charge >= 0.3 is 0 Å². The average molecular weight is 167 g/mol. The van der Waals surface area contributed by atoms with E-state index in [0.29, 0.717) is 6.61 Å². The molecular formula is C10H17NO. The Kier molecular flexibility index (Phi) is 6.29. The van der Waals surface area contributed by atoms with Gasteiger partial charge in [-0.2, -0.15) is 0 Å². The lowest BCUT2D eigenvalue weighted by atomic mass is 10.1. The van der Waals surface area contributed by atoms with Gasteiger partial charge in [-0.15, -0.1) is 0 Å². The van der Waals surface area contributed by atoms with Crippen molar-refractivity contribution in [1.82, 2.24) is 0 Å². The zero-order chi connectivity index (χ0) is 9.40. The third-order valence-corrected chi connectivity index (χ3v) is 1.55. The predicted octanol–water partition coefficient (Wildman–Crippen LogP) is 2.57. The lowest BCUT2D eigenvalue weighted by Crippen LogP contribution is -2.08. The Morgan fingerprint density at radius 3 is 2.58 bits per heavy atom. The summed E-state index contributed by atoms with van der Waals surface area (Å²) in [6.45, 7) is 12.5. The first kappa shape index (κ1) is 11.1. The molecule has 12 heavy (non-hydrogen) atoms. The quantitative estimate of drug-likeness (QED) is 0.579.